The lowest BCUT2D eigenvalue weighted by Crippen LogP contribution is -2.28. The first-order chi connectivity index (χ1) is 8.16. The summed E-state index contributed by atoms with van der Waals surface area (Å²) in [5.74, 6) is 2.40. The Hall–Kier alpha value is -0.970. The number of aromatic nitrogens is 4. The predicted molar refractivity (Wildman–Crippen MR) is 66.4 cm³/mol. The van der Waals surface area contributed by atoms with Crippen LogP contribution in [0.15, 0.2) is 0 Å². The molecule has 1 aliphatic rings. The zero-order valence-electron chi connectivity index (χ0n) is 11.1. The van der Waals surface area contributed by atoms with E-state index in [1.54, 1.807) is 0 Å². The van der Waals surface area contributed by atoms with Crippen molar-refractivity contribution < 1.29 is 0 Å². The molecule has 1 aromatic heterocycles. The highest BCUT2D eigenvalue weighted by atomic mass is 15.5. The van der Waals surface area contributed by atoms with E-state index in [9.17, 15) is 0 Å². The lowest BCUT2D eigenvalue weighted by Gasteiger charge is -2.25. The van der Waals surface area contributed by atoms with E-state index in [0.717, 1.165) is 24.8 Å². The molecule has 0 aliphatic heterocycles. The first-order valence-electron chi connectivity index (χ1n) is 6.66. The average Bonchev–Trinajstić information content (AvgIpc) is 2.68. The van der Waals surface area contributed by atoms with E-state index in [-0.39, 0.29) is 6.04 Å². The standard InChI is InChI=1S/C12H23N5/c1-9(2)7-13-10(3)12-14-15-16-17(12)8-11-5-4-6-11/h9-11,13H,4-8H2,1-3H3. The van der Waals surface area contributed by atoms with Gasteiger partial charge in [0.25, 0.3) is 0 Å². The summed E-state index contributed by atoms with van der Waals surface area (Å²) >= 11 is 0. The Balaban J connectivity index is 1.92. The summed E-state index contributed by atoms with van der Waals surface area (Å²) in [6.07, 6.45) is 4.02. The maximum Gasteiger partial charge on any atom is 0.167 e. The van der Waals surface area contributed by atoms with Crippen molar-refractivity contribution in [3.63, 3.8) is 0 Å². The van der Waals surface area contributed by atoms with E-state index in [4.69, 9.17) is 0 Å². The van der Waals surface area contributed by atoms with E-state index < -0.39 is 0 Å². The minimum absolute atomic E-state index is 0.229. The third-order valence-electron chi connectivity index (χ3n) is 3.44. The fourth-order valence-electron chi connectivity index (χ4n) is 2.08. The molecule has 0 amide bonds. The number of nitrogens with zero attached hydrogens (tertiary/aromatic N) is 4. The molecule has 5 heteroatoms. The Morgan fingerprint density at radius 2 is 2.12 bits per heavy atom. The summed E-state index contributed by atoms with van der Waals surface area (Å²) in [5.41, 5.74) is 0. The molecule has 1 atom stereocenters. The van der Waals surface area contributed by atoms with Gasteiger partial charge in [-0.2, -0.15) is 0 Å². The molecule has 0 saturated heterocycles. The van der Waals surface area contributed by atoms with Crippen LogP contribution in [0, 0.1) is 11.8 Å². The highest BCUT2D eigenvalue weighted by Gasteiger charge is 2.21. The van der Waals surface area contributed by atoms with Crippen LogP contribution in [0.1, 0.15) is 51.9 Å². The van der Waals surface area contributed by atoms with Gasteiger partial charge in [0.2, 0.25) is 0 Å². The van der Waals surface area contributed by atoms with E-state index >= 15 is 0 Å². The van der Waals surface area contributed by atoms with Gasteiger partial charge in [-0.05, 0) is 48.6 Å². The van der Waals surface area contributed by atoms with Crippen LogP contribution in [0.3, 0.4) is 0 Å². The van der Waals surface area contributed by atoms with Crippen LogP contribution in [0.25, 0.3) is 0 Å². The van der Waals surface area contributed by atoms with Gasteiger partial charge in [0, 0.05) is 6.54 Å². The van der Waals surface area contributed by atoms with Crippen LogP contribution in [-0.4, -0.2) is 26.8 Å². The molecule has 0 aromatic carbocycles. The Bertz CT molecular complexity index is 342. The first-order valence-corrected chi connectivity index (χ1v) is 6.66. The summed E-state index contributed by atoms with van der Waals surface area (Å²) in [6.45, 7) is 8.52. The van der Waals surface area contributed by atoms with Crippen molar-refractivity contribution in [1.29, 1.82) is 0 Å². The van der Waals surface area contributed by atoms with E-state index in [1.165, 1.54) is 19.3 Å². The lowest BCUT2D eigenvalue weighted by molar-refractivity contribution is 0.258. The maximum atomic E-state index is 4.14. The van der Waals surface area contributed by atoms with Gasteiger partial charge in [-0.15, -0.1) is 5.10 Å². The Labute approximate surface area is 103 Å². The lowest BCUT2D eigenvalue weighted by atomic mass is 9.85. The van der Waals surface area contributed by atoms with Gasteiger partial charge in [0.15, 0.2) is 5.82 Å². The molecule has 5 nitrogen and oxygen atoms in total. The predicted octanol–water partition coefficient (Wildman–Crippen LogP) is 1.78. The second kappa shape index (κ2) is 5.58. The second-order valence-corrected chi connectivity index (χ2v) is 5.54. The molecule has 1 N–H and O–H groups in total. The van der Waals surface area contributed by atoms with Crippen LogP contribution < -0.4 is 5.32 Å². The fraction of sp³-hybridized carbons (Fsp3) is 0.917. The first kappa shape index (κ1) is 12.5. The Morgan fingerprint density at radius 1 is 1.35 bits per heavy atom. The normalized spacial score (nSPS) is 18.4. The quantitative estimate of drug-likeness (QED) is 0.819. The minimum atomic E-state index is 0.229. The summed E-state index contributed by atoms with van der Waals surface area (Å²) in [5, 5.41) is 15.5. The number of hydrogen-bond donors (Lipinski definition) is 1. The maximum absolute atomic E-state index is 4.14. The van der Waals surface area contributed by atoms with Gasteiger partial charge >= 0.3 is 0 Å². The molecule has 1 unspecified atom stereocenters. The topological polar surface area (TPSA) is 55.6 Å². The molecule has 96 valence electrons. The molecule has 1 heterocycles. The van der Waals surface area contributed by atoms with Gasteiger partial charge in [0.1, 0.15) is 0 Å². The SMILES string of the molecule is CC(C)CNC(C)c1nnnn1CC1CCC1. The molecule has 0 radical (unpaired) electrons. The number of hydrogen-bond acceptors (Lipinski definition) is 4. The summed E-state index contributed by atoms with van der Waals surface area (Å²) in [4.78, 5) is 0. The second-order valence-electron chi connectivity index (χ2n) is 5.54. The van der Waals surface area contributed by atoms with Crippen LogP contribution in [0.2, 0.25) is 0 Å². The third kappa shape index (κ3) is 3.25. The van der Waals surface area contributed by atoms with Gasteiger partial charge in [0.05, 0.1) is 6.04 Å². The largest absolute Gasteiger partial charge is 0.307 e. The zero-order valence-corrected chi connectivity index (χ0v) is 11.1. The Kier molecular flexibility index (Phi) is 4.10. The van der Waals surface area contributed by atoms with Gasteiger partial charge in [-0.1, -0.05) is 20.3 Å². The summed E-state index contributed by atoms with van der Waals surface area (Å²) in [7, 11) is 0. The summed E-state index contributed by atoms with van der Waals surface area (Å²) in [6, 6.07) is 0.229. The van der Waals surface area contributed by atoms with E-state index in [2.05, 4.69) is 41.6 Å². The van der Waals surface area contributed by atoms with Crippen LogP contribution in [0.5, 0.6) is 0 Å². The molecule has 0 bridgehead atoms. The zero-order chi connectivity index (χ0) is 12.3. The van der Waals surface area contributed by atoms with Crippen molar-refractivity contribution in [3.8, 4) is 0 Å². The van der Waals surface area contributed by atoms with Crippen LogP contribution >= 0.6 is 0 Å². The molecular formula is C12H23N5. The van der Waals surface area contributed by atoms with Crippen molar-refractivity contribution in [3.05, 3.63) is 5.82 Å². The molecular weight excluding hydrogens is 214 g/mol. The summed E-state index contributed by atoms with van der Waals surface area (Å²) < 4.78 is 1.97. The van der Waals surface area contributed by atoms with Crippen molar-refractivity contribution in [2.24, 2.45) is 11.8 Å². The number of tetrazole rings is 1. The molecule has 2 rings (SSSR count). The Morgan fingerprint density at radius 3 is 2.71 bits per heavy atom. The fourth-order valence-corrected chi connectivity index (χ4v) is 2.08. The van der Waals surface area contributed by atoms with Crippen molar-refractivity contribution >= 4 is 0 Å². The van der Waals surface area contributed by atoms with Crippen LogP contribution in [0.4, 0.5) is 0 Å². The van der Waals surface area contributed by atoms with Crippen LogP contribution in [-0.2, 0) is 6.54 Å². The average molecular weight is 237 g/mol. The number of nitrogens with one attached hydrogen (secondary N) is 1. The smallest absolute Gasteiger partial charge is 0.167 e. The van der Waals surface area contributed by atoms with Gasteiger partial charge in [-0.25, -0.2) is 4.68 Å². The molecule has 1 aliphatic carbocycles. The van der Waals surface area contributed by atoms with E-state index in [1.807, 2.05) is 4.68 Å². The molecule has 0 spiro atoms. The van der Waals surface area contributed by atoms with E-state index in [0.29, 0.717) is 5.92 Å². The monoisotopic (exact) mass is 237 g/mol. The number of rotatable bonds is 6. The molecule has 1 fully saturated rings. The van der Waals surface area contributed by atoms with Crippen molar-refractivity contribution in [2.45, 2.75) is 52.6 Å². The van der Waals surface area contributed by atoms with Crippen molar-refractivity contribution in [1.82, 2.24) is 25.5 Å². The highest BCUT2D eigenvalue weighted by molar-refractivity contribution is 4.90. The molecule has 17 heavy (non-hydrogen) atoms. The van der Waals surface area contributed by atoms with Crippen molar-refractivity contribution in [2.75, 3.05) is 6.54 Å². The molecule has 1 saturated carbocycles. The minimum Gasteiger partial charge on any atom is -0.307 e. The highest BCUT2D eigenvalue weighted by Crippen LogP contribution is 2.28. The molecule has 1 aromatic rings. The third-order valence-corrected chi connectivity index (χ3v) is 3.44. The van der Waals surface area contributed by atoms with Gasteiger partial charge < -0.3 is 5.32 Å². The van der Waals surface area contributed by atoms with Gasteiger partial charge in [-0.3, -0.25) is 0 Å².